The van der Waals surface area contributed by atoms with E-state index in [-0.39, 0.29) is 23.0 Å². The lowest BCUT2D eigenvalue weighted by atomic mass is 10.1. The van der Waals surface area contributed by atoms with Crippen LogP contribution in [0.5, 0.6) is 5.95 Å². The van der Waals surface area contributed by atoms with Gasteiger partial charge in [0.2, 0.25) is 5.90 Å². The average molecular weight is 193 g/mol. The van der Waals surface area contributed by atoms with E-state index in [1.807, 2.05) is 0 Å². The molecule has 1 aromatic heterocycles. The molecule has 2 heterocycles. The lowest BCUT2D eigenvalue weighted by Crippen LogP contribution is -2.00. The maximum atomic E-state index is 11.2. The summed E-state index contributed by atoms with van der Waals surface area (Å²) in [6.07, 6.45) is 1.24. The highest BCUT2D eigenvalue weighted by molar-refractivity contribution is 6.29. The van der Waals surface area contributed by atoms with Crippen LogP contribution < -0.4 is 0 Å². The molecule has 1 aliphatic heterocycles. The first-order valence-corrected chi connectivity index (χ1v) is 3.90. The molecule has 5 heteroatoms. The van der Waals surface area contributed by atoms with E-state index < -0.39 is 5.97 Å². The third-order valence-corrected chi connectivity index (χ3v) is 1.82. The predicted molar refractivity (Wildman–Crippen MR) is 46.9 cm³/mol. The van der Waals surface area contributed by atoms with Crippen LogP contribution in [-0.4, -0.2) is 17.0 Å². The Kier molecular flexibility index (Phi) is 1.67. The second-order valence-corrected chi connectivity index (χ2v) is 2.89. The van der Waals surface area contributed by atoms with Gasteiger partial charge in [-0.15, -0.1) is 0 Å². The summed E-state index contributed by atoms with van der Waals surface area (Å²) in [7, 11) is 0. The number of carbonyl (C=O) groups excluding carboxylic acids is 1. The Morgan fingerprint density at radius 2 is 2.21 bits per heavy atom. The van der Waals surface area contributed by atoms with E-state index in [2.05, 4.69) is 4.74 Å². The zero-order valence-electron chi connectivity index (χ0n) is 7.33. The van der Waals surface area contributed by atoms with Crippen LogP contribution in [0, 0.1) is 12.3 Å². The Labute approximate surface area is 79.1 Å². The second kappa shape index (κ2) is 2.73. The van der Waals surface area contributed by atoms with Gasteiger partial charge in [-0.2, -0.15) is 0 Å². The van der Waals surface area contributed by atoms with Crippen molar-refractivity contribution in [2.24, 2.45) is 0 Å². The Balaban J connectivity index is 2.50. The predicted octanol–water partition coefficient (Wildman–Crippen LogP) is 1.21. The van der Waals surface area contributed by atoms with E-state index in [1.54, 1.807) is 6.92 Å². The quantitative estimate of drug-likeness (QED) is 0.656. The standard InChI is InChI=1S/C9H7NO4/c1-4-2-5(8(11)13-4)6-3-7(10)14-9(6)12/h2-3,10-11H,1H3. The maximum absolute atomic E-state index is 11.2. The Bertz CT molecular complexity index is 455. The number of cyclic esters (lactones) is 1. The SMILES string of the molecule is Cc1cc(C2=CC(=N)OC2=O)c(O)o1. The van der Waals surface area contributed by atoms with Crippen LogP contribution in [0.15, 0.2) is 16.6 Å². The van der Waals surface area contributed by atoms with Gasteiger partial charge in [0, 0.05) is 6.08 Å². The summed E-state index contributed by atoms with van der Waals surface area (Å²) in [5, 5.41) is 16.4. The van der Waals surface area contributed by atoms with Gasteiger partial charge in [0.15, 0.2) is 0 Å². The minimum absolute atomic E-state index is 0.143. The number of rotatable bonds is 1. The van der Waals surface area contributed by atoms with Crippen LogP contribution in [-0.2, 0) is 9.53 Å². The first-order valence-electron chi connectivity index (χ1n) is 3.90. The molecule has 0 aliphatic carbocycles. The monoisotopic (exact) mass is 193 g/mol. The van der Waals surface area contributed by atoms with Crippen LogP contribution in [0.2, 0.25) is 0 Å². The topological polar surface area (TPSA) is 83.5 Å². The van der Waals surface area contributed by atoms with Gasteiger partial charge in [-0.1, -0.05) is 0 Å². The molecule has 0 saturated heterocycles. The van der Waals surface area contributed by atoms with Gasteiger partial charge in [0.25, 0.3) is 5.95 Å². The van der Waals surface area contributed by atoms with Gasteiger partial charge in [0.05, 0.1) is 11.1 Å². The molecule has 1 aliphatic rings. The largest absolute Gasteiger partial charge is 0.480 e. The van der Waals surface area contributed by atoms with Crippen molar-refractivity contribution >= 4 is 17.4 Å². The van der Waals surface area contributed by atoms with Crippen molar-refractivity contribution in [2.75, 3.05) is 0 Å². The molecule has 0 aromatic carbocycles. The van der Waals surface area contributed by atoms with E-state index in [4.69, 9.17) is 9.83 Å². The number of hydrogen-bond donors (Lipinski definition) is 2. The zero-order valence-corrected chi connectivity index (χ0v) is 7.33. The fraction of sp³-hybridized carbons (Fsp3) is 0.111. The van der Waals surface area contributed by atoms with E-state index in [9.17, 15) is 9.90 Å². The van der Waals surface area contributed by atoms with E-state index in [1.165, 1.54) is 12.1 Å². The Morgan fingerprint density at radius 1 is 1.50 bits per heavy atom. The number of furan rings is 1. The number of hydrogen-bond acceptors (Lipinski definition) is 5. The van der Waals surface area contributed by atoms with Crippen molar-refractivity contribution in [1.82, 2.24) is 0 Å². The molecule has 0 spiro atoms. The van der Waals surface area contributed by atoms with Crippen molar-refractivity contribution in [1.29, 1.82) is 5.41 Å². The van der Waals surface area contributed by atoms with Gasteiger partial charge in [0.1, 0.15) is 5.76 Å². The fourth-order valence-corrected chi connectivity index (χ4v) is 1.26. The summed E-state index contributed by atoms with van der Waals surface area (Å²) in [6.45, 7) is 1.65. The minimum atomic E-state index is -0.647. The molecule has 0 unspecified atom stereocenters. The summed E-state index contributed by atoms with van der Waals surface area (Å²) < 4.78 is 9.34. The number of nitrogens with one attached hydrogen (secondary N) is 1. The molecule has 0 radical (unpaired) electrons. The van der Waals surface area contributed by atoms with Gasteiger partial charge in [-0.05, 0) is 13.0 Å². The van der Waals surface area contributed by atoms with Crippen molar-refractivity contribution in [3.05, 3.63) is 23.5 Å². The van der Waals surface area contributed by atoms with Crippen molar-refractivity contribution in [2.45, 2.75) is 6.92 Å². The minimum Gasteiger partial charge on any atom is -0.480 e. The number of carbonyl (C=O) groups is 1. The first-order chi connectivity index (χ1) is 6.58. The Morgan fingerprint density at radius 3 is 2.64 bits per heavy atom. The molecular weight excluding hydrogens is 186 g/mol. The highest BCUT2D eigenvalue weighted by atomic mass is 16.5. The Hall–Kier alpha value is -2.04. The molecule has 0 saturated carbocycles. The van der Waals surface area contributed by atoms with Gasteiger partial charge in [-0.25, -0.2) is 4.79 Å². The van der Waals surface area contributed by atoms with Crippen LogP contribution in [0.4, 0.5) is 0 Å². The van der Waals surface area contributed by atoms with Crippen molar-refractivity contribution in [3.8, 4) is 5.95 Å². The summed E-state index contributed by atoms with van der Waals surface area (Å²) in [5.74, 6) is -0.723. The smallest absolute Gasteiger partial charge is 0.345 e. The molecule has 1 aromatic rings. The van der Waals surface area contributed by atoms with E-state index in [0.29, 0.717) is 5.76 Å². The van der Waals surface area contributed by atoms with Gasteiger partial charge in [-0.3, -0.25) is 5.41 Å². The van der Waals surface area contributed by atoms with Crippen LogP contribution in [0.3, 0.4) is 0 Å². The third kappa shape index (κ3) is 1.19. The highest BCUT2D eigenvalue weighted by Crippen LogP contribution is 2.31. The number of ether oxygens (including phenoxy) is 1. The molecule has 72 valence electrons. The van der Waals surface area contributed by atoms with Crippen molar-refractivity contribution in [3.63, 3.8) is 0 Å². The molecular formula is C9H7NO4. The summed E-state index contributed by atoms with van der Waals surface area (Å²) >= 11 is 0. The lowest BCUT2D eigenvalue weighted by molar-refractivity contribution is -0.128. The fourth-order valence-electron chi connectivity index (χ4n) is 1.26. The highest BCUT2D eigenvalue weighted by Gasteiger charge is 2.26. The van der Waals surface area contributed by atoms with Crippen LogP contribution in [0.1, 0.15) is 11.3 Å². The molecule has 2 N–H and O–H groups in total. The number of aryl methyl sites for hydroxylation is 1. The summed E-state index contributed by atoms with van der Waals surface area (Å²) in [6, 6.07) is 1.51. The van der Waals surface area contributed by atoms with Crippen LogP contribution >= 0.6 is 0 Å². The average Bonchev–Trinajstić information content (AvgIpc) is 2.55. The van der Waals surface area contributed by atoms with Gasteiger partial charge < -0.3 is 14.3 Å². The molecule has 2 rings (SSSR count). The van der Waals surface area contributed by atoms with Crippen LogP contribution in [0.25, 0.3) is 5.57 Å². The molecule has 5 nitrogen and oxygen atoms in total. The molecule has 0 fully saturated rings. The molecule has 0 bridgehead atoms. The summed E-state index contributed by atoms with van der Waals surface area (Å²) in [5.41, 5.74) is 0.402. The third-order valence-electron chi connectivity index (χ3n) is 1.82. The number of aromatic hydroxyl groups is 1. The molecule has 0 atom stereocenters. The van der Waals surface area contributed by atoms with Gasteiger partial charge >= 0.3 is 5.97 Å². The normalized spacial score (nSPS) is 15.6. The second-order valence-electron chi connectivity index (χ2n) is 2.89. The first kappa shape index (κ1) is 8.55. The molecule has 14 heavy (non-hydrogen) atoms. The summed E-state index contributed by atoms with van der Waals surface area (Å²) in [4.78, 5) is 11.2. The lowest BCUT2D eigenvalue weighted by Gasteiger charge is -1.93. The van der Waals surface area contributed by atoms with E-state index in [0.717, 1.165) is 0 Å². The van der Waals surface area contributed by atoms with E-state index >= 15 is 0 Å². The number of esters is 1. The molecule has 0 amide bonds. The maximum Gasteiger partial charge on any atom is 0.345 e. The van der Waals surface area contributed by atoms with Crippen molar-refractivity contribution < 1.29 is 19.1 Å². The zero-order chi connectivity index (χ0) is 10.3.